The molecule has 0 spiro atoms. The van der Waals surface area contributed by atoms with Gasteiger partial charge in [-0.2, -0.15) is 0 Å². The predicted molar refractivity (Wildman–Crippen MR) is 77.0 cm³/mol. The van der Waals surface area contributed by atoms with Gasteiger partial charge in [0.1, 0.15) is 11.9 Å². The third-order valence-electron chi connectivity index (χ3n) is 3.04. The molecule has 3 N–H and O–H groups in total. The Kier molecular flexibility index (Phi) is 4.66. The topological polar surface area (TPSA) is 72.2 Å². The van der Waals surface area contributed by atoms with E-state index in [4.69, 9.17) is 5.73 Å². The molecule has 108 valence electrons. The summed E-state index contributed by atoms with van der Waals surface area (Å²) in [6, 6.07) is 13.5. The Morgan fingerprint density at radius 2 is 1.67 bits per heavy atom. The van der Waals surface area contributed by atoms with Crippen molar-refractivity contribution in [1.29, 1.82) is 0 Å². The second-order valence-electron chi connectivity index (χ2n) is 4.63. The van der Waals surface area contributed by atoms with Gasteiger partial charge >= 0.3 is 0 Å². The minimum atomic E-state index is -0.815. The van der Waals surface area contributed by atoms with Crippen LogP contribution in [0.25, 0.3) is 0 Å². The molecule has 2 rings (SSSR count). The highest BCUT2D eigenvalue weighted by molar-refractivity contribution is 5.97. The maximum atomic E-state index is 12.8. The van der Waals surface area contributed by atoms with E-state index in [9.17, 15) is 14.0 Å². The SMILES string of the molecule is NC(=O)C(Cc1ccccc1)NC(=O)c1ccc(F)cc1. The second-order valence-corrected chi connectivity index (χ2v) is 4.63. The van der Waals surface area contributed by atoms with Crippen molar-refractivity contribution in [3.05, 3.63) is 71.5 Å². The third-order valence-corrected chi connectivity index (χ3v) is 3.04. The first kappa shape index (κ1) is 14.7. The van der Waals surface area contributed by atoms with Gasteiger partial charge in [0.25, 0.3) is 5.91 Å². The van der Waals surface area contributed by atoms with E-state index in [1.54, 1.807) is 0 Å². The monoisotopic (exact) mass is 286 g/mol. The minimum Gasteiger partial charge on any atom is -0.368 e. The highest BCUT2D eigenvalue weighted by Crippen LogP contribution is 2.06. The van der Waals surface area contributed by atoms with E-state index in [-0.39, 0.29) is 5.56 Å². The van der Waals surface area contributed by atoms with E-state index in [1.165, 1.54) is 24.3 Å². The van der Waals surface area contributed by atoms with E-state index >= 15 is 0 Å². The van der Waals surface area contributed by atoms with Gasteiger partial charge in [0.2, 0.25) is 5.91 Å². The van der Waals surface area contributed by atoms with E-state index in [1.807, 2.05) is 30.3 Å². The Morgan fingerprint density at radius 3 is 2.24 bits per heavy atom. The summed E-state index contributed by atoms with van der Waals surface area (Å²) in [6.45, 7) is 0. The number of halogens is 1. The first-order chi connectivity index (χ1) is 10.1. The first-order valence-corrected chi connectivity index (χ1v) is 6.46. The number of carbonyl (C=O) groups excluding carboxylic acids is 2. The van der Waals surface area contributed by atoms with Gasteiger partial charge in [-0.3, -0.25) is 9.59 Å². The molecule has 4 nitrogen and oxygen atoms in total. The summed E-state index contributed by atoms with van der Waals surface area (Å²) >= 11 is 0. The van der Waals surface area contributed by atoms with Gasteiger partial charge in [0, 0.05) is 12.0 Å². The number of primary amides is 1. The first-order valence-electron chi connectivity index (χ1n) is 6.46. The summed E-state index contributed by atoms with van der Waals surface area (Å²) < 4.78 is 12.8. The molecule has 0 aliphatic carbocycles. The predicted octanol–water partition coefficient (Wildman–Crippen LogP) is 1.65. The minimum absolute atomic E-state index is 0.274. The van der Waals surface area contributed by atoms with Crippen LogP contribution in [0.2, 0.25) is 0 Å². The number of hydrogen-bond donors (Lipinski definition) is 2. The number of rotatable bonds is 5. The van der Waals surface area contributed by atoms with Gasteiger partial charge in [-0.25, -0.2) is 4.39 Å². The van der Waals surface area contributed by atoms with Crippen LogP contribution < -0.4 is 11.1 Å². The van der Waals surface area contributed by atoms with Crippen LogP contribution in [0, 0.1) is 5.82 Å². The lowest BCUT2D eigenvalue weighted by molar-refractivity contribution is -0.119. The van der Waals surface area contributed by atoms with Gasteiger partial charge in [-0.05, 0) is 29.8 Å². The van der Waals surface area contributed by atoms with E-state index in [2.05, 4.69) is 5.32 Å². The van der Waals surface area contributed by atoms with Gasteiger partial charge in [0.15, 0.2) is 0 Å². The van der Waals surface area contributed by atoms with Crippen molar-refractivity contribution < 1.29 is 14.0 Å². The molecule has 2 aromatic carbocycles. The smallest absolute Gasteiger partial charge is 0.251 e. The highest BCUT2D eigenvalue weighted by Gasteiger charge is 2.19. The molecule has 0 bridgehead atoms. The van der Waals surface area contributed by atoms with Crippen LogP contribution in [-0.2, 0) is 11.2 Å². The fourth-order valence-corrected chi connectivity index (χ4v) is 1.92. The summed E-state index contributed by atoms with van der Waals surface area (Å²) in [7, 11) is 0. The van der Waals surface area contributed by atoms with Crippen molar-refractivity contribution >= 4 is 11.8 Å². The van der Waals surface area contributed by atoms with Gasteiger partial charge in [-0.1, -0.05) is 30.3 Å². The van der Waals surface area contributed by atoms with Crippen LogP contribution >= 0.6 is 0 Å². The highest BCUT2D eigenvalue weighted by atomic mass is 19.1. The molecular weight excluding hydrogens is 271 g/mol. The molecule has 0 saturated carbocycles. The van der Waals surface area contributed by atoms with Crippen LogP contribution in [0.4, 0.5) is 4.39 Å². The molecule has 0 fully saturated rings. The van der Waals surface area contributed by atoms with Gasteiger partial charge < -0.3 is 11.1 Å². The molecule has 1 unspecified atom stereocenters. The Balaban J connectivity index is 2.07. The van der Waals surface area contributed by atoms with Crippen molar-refractivity contribution in [2.45, 2.75) is 12.5 Å². The third kappa shape index (κ3) is 4.14. The lowest BCUT2D eigenvalue weighted by Gasteiger charge is -2.15. The van der Waals surface area contributed by atoms with Crippen LogP contribution in [0.5, 0.6) is 0 Å². The Labute approximate surface area is 121 Å². The zero-order chi connectivity index (χ0) is 15.2. The molecule has 1 atom stereocenters. The van der Waals surface area contributed by atoms with Crippen molar-refractivity contribution in [3.8, 4) is 0 Å². The van der Waals surface area contributed by atoms with Crippen molar-refractivity contribution in [2.24, 2.45) is 5.73 Å². The van der Waals surface area contributed by atoms with Crippen LogP contribution in [0.3, 0.4) is 0 Å². The summed E-state index contributed by atoms with van der Waals surface area (Å²) in [6.07, 6.45) is 0.309. The number of amides is 2. The molecule has 2 amide bonds. The summed E-state index contributed by atoms with van der Waals surface area (Å²) in [5, 5.41) is 2.56. The molecular formula is C16H15FN2O2. The Hall–Kier alpha value is -2.69. The fraction of sp³-hybridized carbons (Fsp3) is 0.125. The van der Waals surface area contributed by atoms with E-state index < -0.39 is 23.7 Å². The summed E-state index contributed by atoms with van der Waals surface area (Å²) in [5.41, 5.74) is 6.48. The zero-order valence-electron chi connectivity index (χ0n) is 11.3. The van der Waals surface area contributed by atoms with Crippen LogP contribution in [0.1, 0.15) is 15.9 Å². The number of carbonyl (C=O) groups is 2. The standard InChI is InChI=1S/C16H15FN2O2/c17-13-8-6-12(7-9-13)16(21)19-14(15(18)20)10-11-4-2-1-3-5-11/h1-9,14H,10H2,(H2,18,20)(H,19,21). The average Bonchev–Trinajstić information content (AvgIpc) is 2.48. The van der Waals surface area contributed by atoms with Gasteiger partial charge in [0.05, 0.1) is 0 Å². The number of nitrogens with two attached hydrogens (primary N) is 1. The molecule has 5 heteroatoms. The summed E-state index contributed by atoms with van der Waals surface area (Å²) in [4.78, 5) is 23.5. The maximum Gasteiger partial charge on any atom is 0.251 e. The van der Waals surface area contributed by atoms with Gasteiger partial charge in [-0.15, -0.1) is 0 Å². The molecule has 0 radical (unpaired) electrons. The van der Waals surface area contributed by atoms with E-state index in [0.717, 1.165) is 5.56 Å². The molecule has 0 heterocycles. The van der Waals surface area contributed by atoms with Crippen molar-refractivity contribution in [3.63, 3.8) is 0 Å². The molecule has 0 aliphatic heterocycles. The molecule has 2 aromatic rings. The normalized spacial score (nSPS) is 11.7. The number of benzene rings is 2. The number of nitrogens with one attached hydrogen (secondary N) is 1. The maximum absolute atomic E-state index is 12.8. The molecule has 21 heavy (non-hydrogen) atoms. The second kappa shape index (κ2) is 6.65. The van der Waals surface area contributed by atoms with Crippen LogP contribution in [0.15, 0.2) is 54.6 Å². The number of hydrogen-bond acceptors (Lipinski definition) is 2. The molecule has 0 aliphatic rings. The van der Waals surface area contributed by atoms with Crippen molar-refractivity contribution in [1.82, 2.24) is 5.32 Å². The quantitative estimate of drug-likeness (QED) is 0.877. The van der Waals surface area contributed by atoms with E-state index in [0.29, 0.717) is 6.42 Å². The Bertz CT molecular complexity index is 626. The lowest BCUT2D eigenvalue weighted by atomic mass is 10.0. The largest absolute Gasteiger partial charge is 0.368 e. The summed E-state index contributed by atoms with van der Waals surface area (Å²) in [5.74, 6) is -1.51. The lowest BCUT2D eigenvalue weighted by Crippen LogP contribution is -2.45. The fourth-order valence-electron chi connectivity index (χ4n) is 1.92. The van der Waals surface area contributed by atoms with Crippen LogP contribution in [-0.4, -0.2) is 17.9 Å². The average molecular weight is 286 g/mol. The molecule has 0 aromatic heterocycles. The van der Waals surface area contributed by atoms with Crippen molar-refractivity contribution in [2.75, 3.05) is 0 Å². The molecule has 0 saturated heterocycles. The Morgan fingerprint density at radius 1 is 1.05 bits per heavy atom. The zero-order valence-corrected chi connectivity index (χ0v) is 11.3.